The second-order valence-electron chi connectivity index (χ2n) is 8.94. The summed E-state index contributed by atoms with van der Waals surface area (Å²) in [6.45, 7) is 0. The summed E-state index contributed by atoms with van der Waals surface area (Å²) >= 11 is 0. The standard InChI is InChI=1S/C30H26F6N2O2/c1-39-25-15-3-19(4-16-25)27(37-23-11-7-21(8-12-23)29(31,32)33)28(20-5-17-26(40-2)18-6-20)38-24-13-9-22(10-14-24)30(34,35)36/h3-18,27-28,37-38H,1-2H3/t27-,28+. The van der Waals surface area contributed by atoms with Gasteiger partial charge in [-0.1, -0.05) is 24.3 Å². The highest BCUT2D eigenvalue weighted by atomic mass is 19.4. The molecule has 0 saturated heterocycles. The van der Waals surface area contributed by atoms with E-state index >= 15 is 0 Å². The number of halogens is 6. The number of methoxy groups -OCH3 is 2. The molecule has 0 bridgehead atoms. The van der Waals surface area contributed by atoms with Gasteiger partial charge in [0.05, 0.1) is 37.4 Å². The van der Waals surface area contributed by atoms with E-state index in [1.807, 2.05) is 24.3 Å². The van der Waals surface area contributed by atoms with Crippen LogP contribution in [0.2, 0.25) is 0 Å². The van der Waals surface area contributed by atoms with Crippen LogP contribution < -0.4 is 20.1 Å². The predicted octanol–water partition coefficient (Wildman–Crippen LogP) is 8.75. The summed E-state index contributed by atoms with van der Waals surface area (Å²) in [6.07, 6.45) is -8.96. The summed E-state index contributed by atoms with van der Waals surface area (Å²) < 4.78 is 89.4. The average Bonchev–Trinajstić information content (AvgIpc) is 2.94. The van der Waals surface area contributed by atoms with Crippen molar-refractivity contribution in [2.75, 3.05) is 24.9 Å². The fourth-order valence-electron chi connectivity index (χ4n) is 4.21. The van der Waals surface area contributed by atoms with E-state index in [0.717, 1.165) is 35.4 Å². The molecule has 2 atom stereocenters. The highest BCUT2D eigenvalue weighted by Gasteiger charge is 2.32. The van der Waals surface area contributed by atoms with Crippen LogP contribution in [0.3, 0.4) is 0 Å². The molecule has 0 aliphatic heterocycles. The van der Waals surface area contributed by atoms with Crippen molar-refractivity contribution in [1.82, 2.24) is 0 Å². The van der Waals surface area contributed by atoms with E-state index in [2.05, 4.69) is 10.6 Å². The van der Waals surface area contributed by atoms with Crippen LogP contribution in [-0.4, -0.2) is 14.2 Å². The first-order valence-corrected chi connectivity index (χ1v) is 12.1. The SMILES string of the molecule is COc1ccc([C@@H](Nc2ccc(C(F)(F)F)cc2)[C@@H](Nc2ccc(C(F)(F)F)cc2)c2ccc(OC)cc2)cc1. The van der Waals surface area contributed by atoms with Crippen molar-refractivity contribution in [3.05, 3.63) is 119 Å². The fourth-order valence-corrected chi connectivity index (χ4v) is 4.21. The quantitative estimate of drug-likeness (QED) is 0.201. The maximum atomic E-state index is 13.2. The Kier molecular flexibility index (Phi) is 8.46. The monoisotopic (exact) mass is 560 g/mol. The molecule has 0 heterocycles. The minimum absolute atomic E-state index is 0.418. The number of hydrogen-bond acceptors (Lipinski definition) is 4. The lowest BCUT2D eigenvalue weighted by atomic mass is 9.92. The molecule has 0 spiro atoms. The van der Waals surface area contributed by atoms with E-state index in [1.165, 1.54) is 38.5 Å². The number of benzene rings is 4. The molecule has 4 aromatic rings. The predicted molar refractivity (Wildman–Crippen MR) is 142 cm³/mol. The second kappa shape index (κ2) is 11.8. The first kappa shape index (κ1) is 28.7. The van der Waals surface area contributed by atoms with Crippen molar-refractivity contribution in [3.8, 4) is 11.5 Å². The Morgan fingerprint density at radius 2 is 0.775 bits per heavy atom. The Labute approximate surface area is 227 Å². The van der Waals surface area contributed by atoms with Crippen LogP contribution in [-0.2, 0) is 12.4 Å². The number of hydrogen-bond donors (Lipinski definition) is 2. The average molecular weight is 561 g/mol. The summed E-state index contributed by atoms with van der Waals surface area (Å²) in [5.41, 5.74) is 0.771. The van der Waals surface area contributed by atoms with E-state index < -0.39 is 35.6 Å². The third-order valence-electron chi connectivity index (χ3n) is 6.35. The molecule has 4 rings (SSSR count). The smallest absolute Gasteiger partial charge is 0.416 e. The third-order valence-corrected chi connectivity index (χ3v) is 6.35. The van der Waals surface area contributed by atoms with Crippen LogP contribution in [0.4, 0.5) is 37.7 Å². The topological polar surface area (TPSA) is 42.5 Å². The third kappa shape index (κ3) is 6.99. The largest absolute Gasteiger partial charge is 0.497 e. The van der Waals surface area contributed by atoms with Gasteiger partial charge in [0.1, 0.15) is 11.5 Å². The first-order valence-electron chi connectivity index (χ1n) is 12.1. The van der Waals surface area contributed by atoms with Gasteiger partial charge >= 0.3 is 12.4 Å². The van der Waals surface area contributed by atoms with Crippen molar-refractivity contribution in [2.45, 2.75) is 24.4 Å². The molecule has 0 fully saturated rings. The molecule has 40 heavy (non-hydrogen) atoms. The second-order valence-corrected chi connectivity index (χ2v) is 8.94. The zero-order chi connectivity index (χ0) is 28.9. The van der Waals surface area contributed by atoms with Gasteiger partial charge in [-0.05, 0) is 83.9 Å². The van der Waals surface area contributed by atoms with Crippen molar-refractivity contribution in [2.24, 2.45) is 0 Å². The molecule has 210 valence electrons. The summed E-state index contributed by atoms with van der Waals surface area (Å²) in [5.74, 6) is 1.21. The van der Waals surface area contributed by atoms with Crippen LogP contribution in [0.5, 0.6) is 11.5 Å². The number of nitrogens with one attached hydrogen (secondary N) is 2. The molecule has 0 aliphatic carbocycles. The normalized spacial score (nSPS) is 13.3. The van der Waals surface area contributed by atoms with Crippen LogP contribution in [0.1, 0.15) is 34.3 Å². The lowest BCUT2D eigenvalue weighted by Crippen LogP contribution is -2.26. The van der Waals surface area contributed by atoms with E-state index in [9.17, 15) is 26.3 Å². The molecule has 2 N–H and O–H groups in total. The maximum absolute atomic E-state index is 13.2. The Morgan fingerprint density at radius 3 is 1.02 bits per heavy atom. The maximum Gasteiger partial charge on any atom is 0.416 e. The lowest BCUT2D eigenvalue weighted by Gasteiger charge is -2.32. The van der Waals surface area contributed by atoms with Crippen molar-refractivity contribution < 1.29 is 35.8 Å². The zero-order valence-corrected chi connectivity index (χ0v) is 21.5. The Morgan fingerprint density at radius 1 is 0.475 bits per heavy atom. The molecule has 0 saturated carbocycles. The molecule has 4 aromatic carbocycles. The van der Waals surface area contributed by atoms with Crippen molar-refractivity contribution >= 4 is 11.4 Å². The highest BCUT2D eigenvalue weighted by Crippen LogP contribution is 2.38. The molecule has 10 heteroatoms. The van der Waals surface area contributed by atoms with Crippen LogP contribution in [0, 0.1) is 0 Å². The molecule has 4 nitrogen and oxygen atoms in total. The fraction of sp³-hybridized carbons (Fsp3) is 0.200. The Hall–Kier alpha value is -4.34. The summed E-state index contributed by atoms with van der Waals surface area (Å²) in [4.78, 5) is 0. The zero-order valence-electron chi connectivity index (χ0n) is 21.5. The molecule has 0 aliphatic rings. The van der Waals surface area contributed by atoms with Gasteiger partial charge < -0.3 is 20.1 Å². The van der Waals surface area contributed by atoms with Gasteiger partial charge in [0.2, 0.25) is 0 Å². The molecule has 0 radical (unpaired) electrons. The van der Waals surface area contributed by atoms with Gasteiger partial charge in [-0.3, -0.25) is 0 Å². The number of rotatable bonds is 9. The number of ether oxygens (including phenoxy) is 2. The van der Waals surface area contributed by atoms with Gasteiger partial charge in [0.15, 0.2) is 0 Å². The van der Waals surface area contributed by atoms with Gasteiger partial charge in [-0.15, -0.1) is 0 Å². The molecular weight excluding hydrogens is 534 g/mol. The molecule has 0 unspecified atom stereocenters. The number of alkyl halides is 6. The van der Waals surface area contributed by atoms with Gasteiger partial charge in [0.25, 0.3) is 0 Å². The van der Waals surface area contributed by atoms with Gasteiger partial charge in [-0.25, -0.2) is 0 Å². The van der Waals surface area contributed by atoms with Crippen molar-refractivity contribution in [3.63, 3.8) is 0 Å². The summed E-state index contributed by atoms with van der Waals surface area (Å²) in [5, 5.41) is 6.63. The van der Waals surface area contributed by atoms with E-state index in [0.29, 0.717) is 22.9 Å². The Balaban J connectivity index is 1.77. The van der Waals surface area contributed by atoms with Crippen LogP contribution >= 0.6 is 0 Å². The first-order chi connectivity index (χ1) is 19.0. The lowest BCUT2D eigenvalue weighted by molar-refractivity contribution is -0.138. The minimum Gasteiger partial charge on any atom is -0.497 e. The molecule has 0 aromatic heterocycles. The van der Waals surface area contributed by atoms with Crippen molar-refractivity contribution in [1.29, 1.82) is 0 Å². The summed E-state index contributed by atoms with van der Waals surface area (Å²) in [6, 6.07) is 22.4. The molecule has 0 amide bonds. The number of anilines is 2. The van der Waals surface area contributed by atoms with E-state index in [1.54, 1.807) is 24.3 Å². The minimum atomic E-state index is -4.48. The van der Waals surface area contributed by atoms with Crippen LogP contribution in [0.15, 0.2) is 97.1 Å². The molecular formula is C30H26F6N2O2. The highest BCUT2D eigenvalue weighted by molar-refractivity contribution is 5.53. The van der Waals surface area contributed by atoms with E-state index in [4.69, 9.17) is 9.47 Å². The Bertz CT molecular complexity index is 1260. The van der Waals surface area contributed by atoms with Crippen LogP contribution in [0.25, 0.3) is 0 Å². The van der Waals surface area contributed by atoms with Gasteiger partial charge in [-0.2, -0.15) is 26.3 Å². The van der Waals surface area contributed by atoms with E-state index in [-0.39, 0.29) is 0 Å². The van der Waals surface area contributed by atoms with Gasteiger partial charge in [0, 0.05) is 11.4 Å². The summed E-state index contributed by atoms with van der Waals surface area (Å²) in [7, 11) is 3.05.